The topological polar surface area (TPSA) is 47.6 Å². The lowest BCUT2D eigenvalue weighted by Crippen LogP contribution is -2.37. The number of amides is 1. The SMILES string of the molecule is COc1ccc(CCNC(=O)[C@@H](C)Oc2cc(C)cc(C)c2C)cc1. The molecule has 0 unspecified atom stereocenters. The quantitative estimate of drug-likeness (QED) is 0.834. The lowest BCUT2D eigenvalue weighted by molar-refractivity contribution is -0.127. The summed E-state index contributed by atoms with van der Waals surface area (Å²) in [5.41, 5.74) is 4.52. The summed E-state index contributed by atoms with van der Waals surface area (Å²) in [6.07, 6.45) is 0.237. The molecule has 1 N–H and O–H groups in total. The van der Waals surface area contributed by atoms with Gasteiger partial charge in [-0.05, 0) is 74.6 Å². The molecular weight excluding hydrogens is 314 g/mol. The van der Waals surface area contributed by atoms with Gasteiger partial charge < -0.3 is 14.8 Å². The Morgan fingerprint density at radius 3 is 2.44 bits per heavy atom. The van der Waals surface area contributed by atoms with E-state index >= 15 is 0 Å². The van der Waals surface area contributed by atoms with Gasteiger partial charge in [0.1, 0.15) is 11.5 Å². The molecule has 0 aliphatic carbocycles. The summed E-state index contributed by atoms with van der Waals surface area (Å²) in [7, 11) is 1.65. The van der Waals surface area contributed by atoms with Crippen molar-refractivity contribution in [1.82, 2.24) is 5.32 Å². The van der Waals surface area contributed by atoms with Crippen LogP contribution in [0.3, 0.4) is 0 Å². The standard InChI is InChI=1S/C21H27NO3/c1-14-12-15(2)16(3)20(13-14)25-17(4)21(23)22-11-10-18-6-8-19(24-5)9-7-18/h6-9,12-13,17H,10-11H2,1-5H3,(H,22,23)/t17-/m1/s1. The molecule has 4 nitrogen and oxygen atoms in total. The summed E-state index contributed by atoms with van der Waals surface area (Å²) < 4.78 is 11.0. The van der Waals surface area contributed by atoms with E-state index in [0.29, 0.717) is 6.54 Å². The predicted octanol–water partition coefficient (Wildman–Crippen LogP) is 3.75. The lowest BCUT2D eigenvalue weighted by atomic mass is 10.1. The predicted molar refractivity (Wildman–Crippen MR) is 100 cm³/mol. The molecule has 1 atom stereocenters. The van der Waals surface area contributed by atoms with Crippen molar-refractivity contribution in [2.75, 3.05) is 13.7 Å². The average Bonchev–Trinajstić information content (AvgIpc) is 2.59. The number of rotatable bonds is 7. The first-order valence-corrected chi connectivity index (χ1v) is 8.56. The molecule has 25 heavy (non-hydrogen) atoms. The second kappa shape index (κ2) is 8.56. The molecule has 0 aromatic heterocycles. The van der Waals surface area contributed by atoms with Crippen molar-refractivity contribution < 1.29 is 14.3 Å². The highest BCUT2D eigenvalue weighted by atomic mass is 16.5. The van der Waals surface area contributed by atoms with E-state index in [9.17, 15) is 4.79 Å². The van der Waals surface area contributed by atoms with Gasteiger partial charge in [-0.1, -0.05) is 18.2 Å². The van der Waals surface area contributed by atoms with E-state index in [2.05, 4.69) is 18.3 Å². The largest absolute Gasteiger partial charge is 0.497 e. The van der Waals surface area contributed by atoms with Crippen molar-refractivity contribution >= 4 is 5.91 Å². The third-order valence-electron chi connectivity index (χ3n) is 4.31. The molecule has 0 bridgehead atoms. The summed E-state index contributed by atoms with van der Waals surface area (Å²) in [5, 5.41) is 2.93. The second-order valence-electron chi connectivity index (χ2n) is 6.35. The summed E-state index contributed by atoms with van der Waals surface area (Å²) >= 11 is 0. The molecule has 0 saturated heterocycles. The molecule has 0 saturated carbocycles. The van der Waals surface area contributed by atoms with Crippen LogP contribution < -0.4 is 14.8 Å². The van der Waals surface area contributed by atoms with Crippen LogP contribution in [0.5, 0.6) is 11.5 Å². The normalized spacial score (nSPS) is 11.7. The fraction of sp³-hybridized carbons (Fsp3) is 0.381. The number of carbonyl (C=O) groups is 1. The van der Waals surface area contributed by atoms with Crippen molar-refractivity contribution in [1.29, 1.82) is 0 Å². The van der Waals surface area contributed by atoms with E-state index in [1.54, 1.807) is 14.0 Å². The molecule has 2 rings (SSSR count). The molecule has 0 fully saturated rings. The number of aryl methyl sites for hydroxylation is 2. The molecule has 2 aromatic carbocycles. The molecule has 0 spiro atoms. The van der Waals surface area contributed by atoms with E-state index in [1.165, 1.54) is 5.56 Å². The first-order valence-electron chi connectivity index (χ1n) is 8.56. The van der Waals surface area contributed by atoms with Crippen LogP contribution in [0.2, 0.25) is 0 Å². The van der Waals surface area contributed by atoms with Crippen LogP contribution in [0.4, 0.5) is 0 Å². The van der Waals surface area contributed by atoms with Crippen LogP contribution in [-0.2, 0) is 11.2 Å². The summed E-state index contributed by atoms with van der Waals surface area (Å²) in [6.45, 7) is 8.44. The van der Waals surface area contributed by atoms with Crippen molar-refractivity contribution in [3.05, 3.63) is 58.7 Å². The fourth-order valence-electron chi connectivity index (χ4n) is 2.63. The summed E-state index contributed by atoms with van der Waals surface area (Å²) in [5.74, 6) is 1.50. The van der Waals surface area contributed by atoms with Crippen molar-refractivity contribution in [3.8, 4) is 11.5 Å². The Morgan fingerprint density at radius 1 is 1.12 bits per heavy atom. The maximum atomic E-state index is 12.3. The fourth-order valence-corrected chi connectivity index (χ4v) is 2.63. The van der Waals surface area contributed by atoms with Crippen LogP contribution in [-0.4, -0.2) is 25.7 Å². The number of benzene rings is 2. The van der Waals surface area contributed by atoms with Crippen molar-refractivity contribution in [3.63, 3.8) is 0 Å². The van der Waals surface area contributed by atoms with Crippen LogP contribution in [0.1, 0.15) is 29.2 Å². The minimum absolute atomic E-state index is 0.105. The van der Waals surface area contributed by atoms with Gasteiger partial charge in [-0.3, -0.25) is 4.79 Å². The Labute approximate surface area is 150 Å². The zero-order valence-corrected chi connectivity index (χ0v) is 15.7. The molecule has 4 heteroatoms. The molecule has 134 valence electrons. The zero-order chi connectivity index (χ0) is 18.4. The minimum Gasteiger partial charge on any atom is -0.497 e. The van der Waals surface area contributed by atoms with Gasteiger partial charge in [-0.15, -0.1) is 0 Å². The number of hydrogen-bond acceptors (Lipinski definition) is 3. The lowest BCUT2D eigenvalue weighted by Gasteiger charge is -2.18. The molecule has 0 radical (unpaired) electrons. The van der Waals surface area contributed by atoms with E-state index in [4.69, 9.17) is 9.47 Å². The van der Waals surface area contributed by atoms with Gasteiger partial charge in [0.2, 0.25) is 0 Å². The van der Waals surface area contributed by atoms with E-state index in [0.717, 1.165) is 34.6 Å². The van der Waals surface area contributed by atoms with Gasteiger partial charge in [0.15, 0.2) is 6.10 Å². The Balaban J connectivity index is 1.86. The number of nitrogens with one attached hydrogen (secondary N) is 1. The maximum Gasteiger partial charge on any atom is 0.260 e. The molecule has 0 aliphatic rings. The number of methoxy groups -OCH3 is 1. The van der Waals surface area contributed by atoms with Crippen LogP contribution in [0.15, 0.2) is 36.4 Å². The summed E-state index contributed by atoms with van der Waals surface area (Å²) in [4.78, 5) is 12.3. The number of hydrogen-bond donors (Lipinski definition) is 1. The molecule has 0 heterocycles. The monoisotopic (exact) mass is 341 g/mol. The smallest absolute Gasteiger partial charge is 0.260 e. The second-order valence-corrected chi connectivity index (χ2v) is 6.35. The number of ether oxygens (including phenoxy) is 2. The van der Waals surface area contributed by atoms with Gasteiger partial charge in [-0.25, -0.2) is 0 Å². The van der Waals surface area contributed by atoms with E-state index in [1.807, 2.05) is 44.2 Å². The Kier molecular flexibility index (Phi) is 6.45. The minimum atomic E-state index is -0.532. The first-order chi connectivity index (χ1) is 11.9. The third kappa shape index (κ3) is 5.24. The highest BCUT2D eigenvalue weighted by molar-refractivity contribution is 5.80. The van der Waals surface area contributed by atoms with Crippen molar-refractivity contribution in [2.24, 2.45) is 0 Å². The maximum absolute atomic E-state index is 12.3. The molecule has 2 aromatic rings. The Hall–Kier alpha value is -2.49. The molecular formula is C21H27NO3. The average molecular weight is 341 g/mol. The van der Waals surface area contributed by atoms with Crippen LogP contribution >= 0.6 is 0 Å². The van der Waals surface area contributed by atoms with E-state index < -0.39 is 6.10 Å². The van der Waals surface area contributed by atoms with Gasteiger partial charge in [-0.2, -0.15) is 0 Å². The van der Waals surface area contributed by atoms with Crippen molar-refractivity contribution in [2.45, 2.75) is 40.2 Å². The van der Waals surface area contributed by atoms with Gasteiger partial charge in [0.05, 0.1) is 7.11 Å². The van der Waals surface area contributed by atoms with Crippen LogP contribution in [0.25, 0.3) is 0 Å². The van der Waals surface area contributed by atoms with Gasteiger partial charge in [0, 0.05) is 6.54 Å². The highest BCUT2D eigenvalue weighted by Crippen LogP contribution is 2.24. The summed E-state index contributed by atoms with van der Waals surface area (Å²) in [6, 6.07) is 11.9. The van der Waals surface area contributed by atoms with Gasteiger partial charge >= 0.3 is 0 Å². The highest BCUT2D eigenvalue weighted by Gasteiger charge is 2.16. The number of carbonyl (C=O) groups excluding carboxylic acids is 1. The van der Waals surface area contributed by atoms with Gasteiger partial charge in [0.25, 0.3) is 5.91 Å². The molecule has 1 amide bonds. The first kappa shape index (κ1) is 18.8. The molecule has 0 aliphatic heterocycles. The Morgan fingerprint density at radius 2 is 1.80 bits per heavy atom. The third-order valence-corrected chi connectivity index (χ3v) is 4.31. The zero-order valence-electron chi connectivity index (χ0n) is 15.7. The van der Waals surface area contributed by atoms with Crippen LogP contribution in [0, 0.1) is 20.8 Å². The Bertz CT molecular complexity index is 723. The van der Waals surface area contributed by atoms with E-state index in [-0.39, 0.29) is 5.91 Å².